The van der Waals surface area contributed by atoms with Gasteiger partial charge in [-0.25, -0.2) is 0 Å². The summed E-state index contributed by atoms with van der Waals surface area (Å²) >= 11 is 3.55. The molecule has 0 saturated heterocycles. The fourth-order valence-electron chi connectivity index (χ4n) is 2.01. The van der Waals surface area contributed by atoms with Crippen LogP contribution in [0.2, 0.25) is 0 Å². The molecule has 0 aliphatic rings. The Morgan fingerprint density at radius 1 is 1.29 bits per heavy atom. The zero-order valence-corrected chi connectivity index (χ0v) is 14.6. The van der Waals surface area contributed by atoms with Crippen molar-refractivity contribution in [2.75, 3.05) is 0 Å². The van der Waals surface area contributed by atoms with E-state index < -0.39 is 0 Å². The van der Waals surface area contributed by atoms with E-state index >= 15 is 0 Å². The molecular formula is C16H22BrN3O. The molecular weight excluding hydrogens is 330 g/mol. The van der Waals surface area contributed by atoms with Gasteiger partial charge in [-0.05, 0) is 40.5 Å². The van der Waals surface area contributed by atoms with E-state index in [1.807, 2.05) is 30.8 Å². The van der Waals surface area contributed by atoms with E-state index in [0.717, 1.165) is 28.2 Å². The molecule has 1 heterocycles. The van der Waals surface area contributed by atoms with Crippen molar-refractivity contribution in [3.63, 3.8) is 0 Å². The molecule has 1 aromatic carbocycles. The predicted octanol–water partition coefficient (Wildman–Crippen LogP) is 3.57. The lowest BCUT2D eigenvalue weighted by molar-refractivity contribution is 0.294. The first kappa shape index (κ1) is 16.0. The maximum atomic E-state index is 5.84. The molecule has 0 aliphatic heterocycles. The van der Waals surface area contributed by atoms with Gasteiger partial charge >= 0.3 is 0 Å². The molecule has 0 fully saturated rings. The van der Waals surface area contributed by atoms with Gasteiger partial charge in [-0.15, -0.1) is 0 Å². The second-order valence-electron chi connectivity index (χ2n) is 5.44. The predicted molar refractivity (Wildman–Crippen MR) is 88.4 cm³/mol. The smallest absolute Gasteiger partial charge is 0.131 e. The number of nitrogens with zero attached hydrogens (tertiary/aromatic N) is 2. The molecule has 0 saturated carbocycles. The number of aryl methyl sites for hydroxylation is 2. The number of rotatable bonds is 6. The van der Waals surface area contributed by atoms with Crippen LogP contribution in [0.1, 0.15) is 30.8 Å². The Kier molecular flexibility index (Phi) is 5.42. The van der Waals surface area contributed by atoms with Gasteiger partial charge in [-0.2, -0.15) is 5.10 Å². The molecule has 2 aromatic rings. The molecule has 0 amide bonds. The van der Waals surface area contributed by atoms with E-state index in [1.54, 1.807) is 0 Å². The first-order chi connectivity index (χ1) is 9.97. The third kappa shape index (κ3) is 4.32. The molecule has 0 radical (unpaired) electrons. The zero-order chi connectivity index (χ0) is 15.4. The summed E-state index contributed by atoms with van der Waals surface area (Å²) in [5.74, 6) is 0.869. The van der Waals surface area contributed by atoms with Gasteiger partial charge in [0, 0.05) is 19.6 Å². The molecule has 114 valence electrons. The van der Waals surface area contributed by atoms with Gasteiger partial charge in [0.1, 0.15) is 12.4 Å². The SMILES string of the molecule is Cc1nn(C)c(COc2ccc(CNC(C)C)cc2)c1Br. The summed E-state index contributed by atoms with van der Waals surface area (Å²) in [5, 5.41) is 7.76. The Morgan fingerprint density at radius 3 is 2.48 bits per heavy atom. The highest BCUT2D eigenvalue weighted by Crippen LogP contribution is 2.22. The molecule has 21 heavy (non-hydrogen) atoms. The van der Waals surface area contributed by atoms with Gasteiger partial charge < -0.3 is 10.1 Å². The molecule has 1 aromatic heterocycles. The van der Waals surface area contributed by atoms with Gasteiger partial charge in [0.25, 0.3) is 0 Å². The summed E-state index contributed by atoms with van der Waals surface area (Å²) in [6.07, 6.45) is 0. The van der Waals surface area contributed by atoms with E-state index in [4.69, 9.17) is 4.74 Å². The molecule has 2 rings (SSSR count). The van der Waals surface area contributed by atoms with Crippen molar-refractivity contribution in [2.24, 2.45) is 7.05 Å². The summed E-state index contributed by atoms with van der Waals surface area (Å²) in [7, 11) is 1.93. The van der Waals surface area contributed by atoms with Gasteiger partial charge in [0.15, 0.2) is 0 Å². The van der Waals surface area contributed by atoms with Crippen LogP contribution in [0.25, 0.3) is 0 Å². The van der Waals surface area contributed by atoms with Gasteiger partial charge in [0.2, 0.25) is 0 Å². The number of hydrogen-bond donors (Lipinski definition) is 1. The van der Waals surface area contributed by atoms with Crippen LogP contribution in [0.15, 0.2) is 28.7 Å². The third-order valence-corrected chi connectivity index (χ3v) is 4.31. The summed E-state index contributed by atoms with van der Waals surface area (Å²) in [4.78, 5) is 0. The number of aromatic nitrogens is 2. The minimum atomic E-state index is 0.492. The first-order valence-corrected chi connectivity index (χ1v) is 7.89. The van der Waals surface area contributed by atoms with Crippen LogP contribution in [0.5, 0.6) is 5.75 Å². The van der Waals surface area contributed by atoms with Gasteiger partial charge in [0.05, 0.1) is 15.9 Å². The minimum absolute atomic E-state index is 0.492. The lowest BCUT2D eigenvalue weighted by atomic mass is 10.2. The maximum absolute atomic E-state index is 5.84. The first-order valence-electron chi connectivity index (χ1n) is 7.10. The third-order valence-electron chi connectivity index (χ3n) is 3.27. The standard InChI is InChI=1S/C16H22BrN3O/c1-11(2)18-9-13-5-7-14(8-6-13)21-10-15-16(17)12(3)19-20(15)4/h5-8,11,18H,9-10H2,1-4H3. The Hall–Kier alpha value is -1.33. The van der Waals surface area contributed by atoms with Crippen LogP contribution in [-0.2, 0) is 20.2 Å². The van der Waals surface area contributed by atoms with Crippen molar-refractivity contribution in [3.05, 3.63) is 45.7 Å². The molecule has 4 nitrogen and oxygen atoms in total. The topological polar surface area (TPSA) is 39.1 Å². The number of ether oxygens (including phenoxy) is 1. The fourth-order valence-corrected chi connectivity index (χ4v) is 2.46. The Morgan fingerprint density at radius 2 is 1.95 bits per heavy atom. The van der Waals surface area contributed by atoms with E-state index in [0.29, 0.717) is 12.6 Å². The molecule has 5 heteroatoms. The average Bonchev–Trinajstić information content (AvgIpc) is 2.69. The summed E-state index contributed by atoms with van der Waals surface area (Å²) in [6.45, 7) is 7.65. The van der Waals surface area contributed by atoms with Gasteiger partial charge in [-0.3, -0.25) is 4.68 Å². The van der Waals surface area contributed by atoms with Crippen LogP contribution >= 0.6 is 15.9 Å². The highest BCUT2D eigenvalue weighted by atomic mass is 79.9. The van der Waals surface area contributed by atoms with Gasteiger partial charge in [-0.1, -0.05) is 26.0 Å². The van der Waals surface area contributed by atoms with Crippen LogP contribution < -0.4 is 10.1 Å². The quantitative estimate of drug-likeness (QED) is 0.864. The van der Waals surface area contributed by atoms with Crippen molar-refractivity contribution in [1.29, 1.82) is 0 Å². The molecule has 0 atom stereocenters. The van der Waals surface area contributed by atoms with Crippen molar-refractivity contribution >= 4 is 15.9 Å². The normalized spacial score (nSPS) is 11.1. The highest BCUT2D eigenvalue weighted by Gasteiger charge is 2.11. The zero-order valence-electron chi connectivity index (χ0n) is 13.0. The lowest BCUT2D eigenvalue weighted by Gasteiger charge is -2.10. The van der Waals surface area contributed by atoms with Crippen molar-refractivity contribution in [2.45, 2.75) is 40.0 Å². The second kappa shape index (κ2) is 7.09. The Labute approximate surface area is 134 Å². The molecule has 0 aliphatic carbocycles. The number of halogens is 1. The number of benzene rings is 1. The fraction of sp³-hybridized carbons (Fsp3) is 0.438. The van der Waals surface area contributed by atoms with Crippen molar-refractivity contribution in [1.82, 2.24) is 15.1 Å². The van der Waals surface area contributed by atoms with E-state index in [-0.39, 0.29) is 0 Å². The largest absolute Gasteiger partial charge is 0.487 e. The van der Waals surface area contributed by atoms with Crippen molar-refractivity contribution < 1.29 is 4.74 Å². The summed E-state index contributed by atoms with van der Waals surface area (Å²) in [6, 6.07) is 8.69. The van der Waals surface area contributed by atoms with Crippen molar-refractivity contribution in [3.8, 4) is 5.75 Å². The number of nitrogens with one attached hydrogen (secondary N) is 1. The minimum Gasteiger partial charge on any atom is -0.487 e. The summed E-state index contributed by atoms with van der Waals surface area (Å²) in [5.41, 5.74) is 3.28. The molecule has 0 unspecified atom stereocenters. The lowest BCUT2D eigenvalue weighted by Crippen LogP contribution is -2.21. The van der Waals surface area contributed by atoms with Crippen LogP contribution in [0.3, 0.4) is 0 Å². The monoisotopic (exact) mass is 351 g/mol. The van der Waals surface area contributed by atoms with E-state index in [1.165, 1.54) is 5.56 Å². The number of hydrogen-bond acceptors (Lipinski definition) is 3. The average molecular weight is 352 g/mol. The molecule has 0 bridgehead atoms. The maximum Gasteiger partial charge on any atom is 0.131 e. The van der Waals surface area contributed by atoms with E-state index in [9.17, 15) is 0 Å². The molecule has 1 N–H and O–H groups in total. The second-order valence-corrected chi connectivity index (χ2v) is 6.23. The van der Waals surface area contributed by atoms with E-state index in [2.05, 4.69) is 52.3 Å². The Bertz CT molecular complexity index is 590. The highest BCUT2D eigenvalue weighted by molar-refractivity contribution is 9.10. The van der Waals surface area contributed by atoms with Crippen LogP contribution in [0, 0.1) is 6.92 Å². The summed E-state index contributed by atoms with van der Waals surface area (Å²) < 4.78 is 8.70. The molecule has 0 spiro atoms. The van der Waals surface area contributed by atoms with Crippen LogP contribution in [0.4, 0.5) is 0 Å². The Balaban J connectivity index is 1.94. The van der Waals surface area contributed by atoms with Crippen LogP contribution in [-0.4, -0.2) is 15.8 Å².